The zero-order valence-corrected chi connectivity index (χ0v) is 19.6. The van der Waals surface area contributed by atoms with Crippen LogP contribution in [0.15, 0.2) is 10.9 Å². The van der Waals surface area contributed by atoms with E-state index in [-0.39, 0.29) is 5.56 Å². The molecule has 0 bridgehead atoms. The molecule has 10 nitrogen and oxygen atoms in total. The summed E-state index contributed by atoms with van der Waals surface area (Å²) in [6.45, 7) is 6.19. The summed E-state index contributed by atoms with van der Waals surface area (Å²) in [6, 6.07) is 1.39. The summed E-state index contributed by atoms with van der Waals surface area (Å²) in [5.74, 6) is 0. The van der Waals surface area contributed by atoms with Crippen molar-refractivity contribution in [1.29, 1.82) is 0 Å². The average Bonchev–Trinajstić information content (AvgIpc) is 3.10. The SMILES string of the molecule is CO.O=CCCOCCOCCOCCOCCOCCOCCn1sc(Cl)cc1=O. The third-order valence-electron chi connectivity index (χ3n) is 3.36. The number of hydrogen-bond acceptors (Lipinski definition) is 10. The van der Waals surface area contributed by atoms with Gasteiger partial charge in [0.2, 0.25) is 0 Å². The Kier molecular flexibility index (Phi) is 23.1. The van der Waals surface area contributed by atoms with Crippen LogP contribution in [0.25, 0.3) is 0 Å². The van der Waals surface area contributed by atoms with E-state index in [0.29, 0.717) is 96.6 Å². The van der Waals surface area contributed by atoms with E-state index in [1.54, 1.807) is 3.96 Å². The fourth-order valence-corrected chi connectivity index (χ4v) is 3.00. The first-order valence-electron chi connectivity index (χ1n) is 9.95. The molecule has 0 amide bonds. The minimum Gasteiger partial charge on any atom is -0.400 e. The molecule has 1 rings (SSSR count). The highest BCUT2D eigenvalue weighted by Gasteiger charge is 2.01. The number of aliphatic hydroxyl groups excluding tert-OH is 1. The van der Waals surface area contributed by atoms with Crippen LogP contribution in [0.2, 0.25) is 4.34 Å². The molecule has 0 spiro atoms. The van der Waals surface area contributed by atoms with Gasteiger partial charge in [0.25, 0.3) is 5.56 Å². The normalized spacial score (nSPS) is 10.7. The standard InChI is InChI=1S/C18H30ClNO8S.CH4O/c19-17-16-18(22)20(29-17)2-5-24-7-9-26-11-13-28-15-14-27-12-10-25-8-6-23-4-1-3-21;1-2/h3,16H,1-2,4-15H2;2H,1H3. The largest absolute Gasteiger partial charge is 0.400 e. The second-order valence-corrected chi connectivity index (χ2v) is 7.30. The molecule has 1 aromatic heterocycles. The van der Waals surface area contributed by atoms with Gasteiger partial charge in [0.1, 0.15) is 10.6 Å². The first-order valence-corrected chi connectivity index (χ1v) is 11.1. The number of aliphatic hydroxyl groups is 1. The number of nitrogens with zero attached hydrogens (tertiary/aromatic N) is 1. The second kappa shape index (κ2) is 23.8. The summed E-state index contributed by atoms with van der Waals surface area (Å²) in [5, 5.41) is 7.00. The Morgan fingerprint density at radius 2 is 1.19 bits per heavy atom. The molecule has 0 aromatic carbocycles. The van der Waals surface area contributed by atoms with Crippen molar-refractivity contribution in [2.75, 3.05) is 86.4 Å². The van der Waals surface area contributed by atoms with E-state index in [0.717, 1.165) is 13.4 Å². The molecule has 1 N–H and O–H groups in total. The molecule has 0 aliphatic rings. The van der Waals surface area contributed by atoms with Crippen LogP contribution in [0.3, 0.4) is 0 Å². The molecule has 0 saturated heterocycles. The lowest BCUT2D eigenvalue weighted by Gasteiger charge is -2.08. The predicted molar refractivity (Wildman–Crippen MR) is 117 cm³/mol. The molecule has 12 heteroatoms. The highest BCUT2D eigenvalue weighted by Crippen LogP contribution is 2.11. The van der Waals surface area contributed by atoms with Crippen molar-refractivity contribution in [2.24, 2.45) is 0 Å². The van der Waals surface area contributed by atoms with Crippen molar-refractivity contribution < 1.29 is 38.3 Å². The highest BCUT2D eigenvalue weighted by molar-refractivity contribution is 7.11. The van der Waals surface area contributed by atoms with Crippen LogP contribution < -0.4 is 5.56 Å². The van der Waals surface area contributed by atoms with Gasteiger partial charge in [-0.05, 0) is 11.5 Å². The number of aldehydes is 1. The van der Waals surface area contributed by atoms with E-state index >= 15 is 0 Å². The Hall–Kier alpha value is -0.890. The van der Waals surface area contributed by atoms with Gasteiger partial charge in [-0.25, -0.2) is 0 Å². The number of halogens is 1. The van der Waals surface area contributed by atoms with Crippen molar-refractivity contribution in [3.05, 3.63) is 20.8 Å². The van der Waals surface area contributed by atoms with Gasteiger partial charge in [-0.2, -0.15) is 0 Å². The molecule has 0 radical (unpaired) electrons. The molecule has 0 saturated carbocycles. The van der Waals surface area contributed by atoms with Crippen molar-refractivity contribution in [3.63, 3.8) is 0 Å². The van der Waals surface area contributed by atoms with Crippen LogP contribution in [0.5, 0.6) is 0 Å². The monoisotopic (exact) mass is 487 g/mol. The first-order chi connectivity index (χ1) is 15.2. The summed E-state index contributed by atoms with van der Waals surface area (Å²) >= 11 is 6.97. The fourth-order valence-electron chi connectivity index (χ4n) is 1.98. The minimum absolute atomic E-state index is 0.106. The lowest BCUT2D eigenvalue weighted by atomic mass is 10.5. The van der Waals surface area contributed by atoms with Gasteiger partial charge in [0.15, 0.2) is 0 Å². The van der Waals surface area contributed by atoms with Crippen molar-refractivity contribution in [2.45, 2.75) is 13.0 Å². The molecule has 182 valence electrons. The quantitative estimate of drug-likeness (QED) is 0.199. The van der Waals surface area contributed by atoms with E-state index in [1.807, 2.05) is 0 Å². The van der Waals surface area contributed by atoms with Crippen LogP contribution >= 0.6 is 23.1 Å². The number of aromatic nitrogens is 1. The molecule has 0 aliphatic carbocycles. The number of ether oxygens (including phenoxy) is 6. The molecule has 1 aromatic rings. The maximum Gasteiger partial charge on any atom is 0.262 e. The van der Waals surface area contributed by atoms with Crippen LogP contribution in [0, 0.1) is 0 Å². The van der Waals surface area contributed by atoms with Gasteiger partial charge in [0.05, 0.1) is 85.8 Å². The van der Waals surface area contributed by atoms with Crippen LogP contribution in [0.4, 0.5) is 0 Å². The van der Waals surface area contributed by atoms with Gasteiger partial charge in [-0.15, -0.1) is 0 Å². The molecular formula is C19H34ClNO9S. The van der Waals surface area contributed by atoms with Crippen molar-refractivity contribution in [1.82, 2.24) is 3.96 Å². The van der Waals surface area contributed by atoms with Gasteiger partial charge in [0, 0.05) is 19.6 Å². The molecule has 31 heavy (non-hydrogen) atoms. The molecular weight excluding hydrogens is 454 g/mol. The van der Waals surface area contributed by atoms with Crippen LogP contribution in [-0.2, 0) is 39.8 Å². The van der Waals surface area contributed by atoms with E-state index < -0.39 is 0 Å². The van der Waals surface area contributed by atoms with Gasteiger partial charge >= 0.3 is 0 Å². The second-order valence-electron chi connectivity index (χ2n) is 5.61. The van der Waals surface area contributed by atoms with Gasteiger partial charge < -0.3 is 38.3 Å². The summed E-state index contributed by atoms with van der Waals surface area (Å²) in [7, 11) is 1.00. The molecule has 0 atom stereocenters. The maximum absolute atomic E-state index is 11.4. The third kappa shape index (κ3) is 19.5. The number of carbonyl (C=O) groups is 1. The zero-order chi connectivity index (χ0) is 23.0. The Morgan fingerprint density at radius 3 is 1.55 bits per heavy atom. The van der Waals surface area contributed by atoms with Crippen LogP contribution in [-0.4, -0.2) is 102 Å². The molecule has 0 aliphatic heterocycles. The molecule has 1 heterocycles. The van der Waals surface area contributed by atoms with Gasteiger partial charge in [-0.1, -0.05) is 11.6 Å². The lowest BCUT2D eigenvalue weighted by Crippen LogP contribution is -2.17. The smallest absolute Gasteiger partial charge is 0.262 e. The Balaban J connectivity index is 0.00000436. The van der Waals surface area contributed by atoms with E-state index in [9.17, 15) is 9.59 Å². The highest BCUT2D eigenvalue weighted by atomic mass is 35.5. The van der Waals surface area contributed by atoms with Crippen LogP contribution in [0.1, 0.15) is 6.42 Å². The van der Waals surface area contributed by atoms with Gasteiger partial charge in [-0.3, -0.25) is 8.75 Å². The Labute approximate surface area is 192 Å². The lowest BCUT2D eigenvalue weighted by molar-refractivity contribution is -0.108. The predicted octanol–water partition coefficient (Wildman–Crippen LogP) is 0.860. The summed E-state index contributed by atoms with van der Waals surface area (Å²) < 4.78 is 34.1. The summed E-state index contributed by atoms with van der Waals surface area (Å²) in [5.41, 5.74) is -0.106. The molecule has 0 unspecified atom stereocenters. The number of hydrogen-bond donors (Lipinski definition) is 1. The Morgan fingerprint density at radius 1 is 0.806 bits per heavy atom. The number of rotatable bonds is 21. The fraction of sp³-hybridized carbons (Fsp3) is 0.789. The Bertz CT molecular complexity index is 571. The topological polar surface area (TPSA) is 115 Å². The zero-order valence-electron chi connectivity index (χ0n) is 18.0. The summed E-state index contributed by atoms with van der Waals surface area (Å²) in [6.07, 6.45) is 1.24. The van der Waals surface area contributed by atoms with E-state index in [1.165, 1.54) is 17.6 Å². The van der Waals surface area contributed by atoms with E-state index in [2.05, 4.69) is 0 Å². The summed E-state index contributed by atoms with van der Waals surface area (Å²) in [4.78, 5) is 21.5. The van der Waals surface area contributed by atoms with E-state index in [4.69, 9.17) is 45.1 Å². The number of carbonyl (C=O) groups excluding carboxylic acids is 1. The van der Waals surface area contributed by atoms with Crippen molar-refractivity contribution >= 4 is 29.4 Å². The minimum atomic E-state index is -0.106. The molecule has 0 fully saturated rings. The average molecular weight is 488 g/mol. The van der Waals surface area contributed by atoms with Crippen molar-refractivity contribution in [3.8, 4) is 0 Å². The first kappa shape index (κ1) is 30.1. The third-order valence-corrected chi connectivity index (χ3v) is 4.55. The maximum atomic E-state index is 11.4.